The summed E-state index contributed by atoms with van der Waals surface area (Å²) in [4.78, 5) is 9.64. The van der Waals surface area contributed by atoms with Gasteiger partial charge in [-0.2, -0.15) is 0 Å². The Bertz CT molecular complexity index is 578. The van der Waals surface area contributed by atoms with Crippen LogP contribution >= 0.6 is 0 Å². The maximum absolute atomic E-state index is 5.37. The number of aromatic nitrogens is 2. The Balaban J connectivity index is 1.80. The van der Waals surface area contributed by atoms with Gasteiger partial charge in [0, 0.05) is 12.4 Å². The van der Waals surface area contributed by atoms with Crippen molar-refractivity contribution in [2.75, 3.05) is 11.6 Å². The fraction of sp³-hybridized carbons (Fsp3) is 0.267. The quantitative estimate of drug-likeness (QED) is 0.844. The van der Waals surface area contributed by atoms with Crippen molar-refractivity contribution in [1.82, 2.24) is 9.55 Å². The van der Waals surface area contributed by atoms with Crippen molar-refractivity contribution in [2.24, 2.45) is 0 Å². The summed E-state index contributed by atoms with van der Waals surface area (Å²) in [5.41, 5.74) is 2.33. The SMILES string of the molecule is Cc1nccn1[C@@H](C)c1ccc(N2CC=CO2)cc1. The van der Waals surface area contributed by atoms with Gasteiger partial charge in [0.2, 0.25) is 0 Å². The molecule has 2 aromatic rings. The lowest BCUT2D eigenvalue weighted by atomic mass is 10.1. The van der Waals surface area contributed by atoms with Gasteiger partial charge in [0.15, 0.2) is 0 Å². The zero-order valence-corrected chi connectivity index (χ0v) is 11.2. The fourth-order valence-corrected chi connectivity index (χ4v) is 2.34. The van der Waals surface area contributed by atoms with Crippen LogP contribution < -0.4 is 5.06 Å². The van der Waals surface area contributed by atoms with Crippen LogP contribution in [0.2, 0.25) is 0 Å². The number of anilines is 1. The summed E-state index contributed by atoms with van der Waals surface area (Å²) < 4.78 is 2.17. The lowest BCUT2D eigenvalue weighted by Gasteiger charge is -2.19. The van der Waals surface area contributed by atoms with E-state index in [9.17, 15) is 0 Å². The highest BCUT2D eigenvalue weighted by atomic mass is 16.7. The lowest BCUT2D eigenvalue weighted by molar-refractivity contribution is 0.246. The van der Waals surface area contributed by atoms with E-state index in [-0.39, 0.29) is 6.04 Å². The van der Waals surface area contributed by atoms with Gasteiger partial charge in [0.25, 0.3) is 0 Å². The van der Waals surface area contributed by atoms with E-state index >= 15 is 0 Å². The van der Waals surface area contributed by atoms with Gasteiger partial charge in [-0.15, -0.1) is 0 Å². The number of hydrogen-bond donors (Lipinski definition) is 0. The molecule has 0 saturated carbocycles. The summed E-state index contributed by atoms with van der Waals surface area (Å²) in [7, 11) is 0. The molecule has 4 nitrogen and oxygen atoms in total. The maximum atomic E-state index is 5.37. The second-order valence-electron chi connectivity index (χ2n) is 4.69. The van der Waals surface area contributed by atoms with Gasteiger partial charge in [0.05, 0.1) is 18.3 Å². The predicted octanol–water partition coefficient (Wildman–Crippen LogP) is 3.07. The van der Waals surface area contributed by atoms with Crippen molar-refractivity contribution in [3.63, 3.8) is 0 Å². The number of hydroxylamine groups is 1. The minimum atomic E-state index is 0.286. The van der Waals surface area contributed by atoms with Crippen molar-refractivity contribution in [3.05, 3.63) is 60.4 Å². The third-order valence-corrected chi connectivity index (χ3v) is 3.50. The van der Waals surface area contributed by atoms with Gasteiger partial charge < -0.3 is 9.40 Å². The van der Waals surface area contributed by atoms with Crippen LogP contribution in [0, 0.1) is 6.92 Å². The molecule has 4 heteroatoms. The number of nitrogens with zero attached hydrogens (tertiary/aromatic N) is 3. The zero-order chi connectivity index (χ0) is 13.2. The highest BCUT2D eigenvalue weighted by molar-refractivity contribution is 5.47. The lowest BCUT2D eigenvalue weighted by Crippen LogP contribution is -2.16. The van der Waals surface area contributed by atoms with Crippen LogP contribution in [0.3, 0.4) is 0 Å². The Morgan fingerprint density at radius 1 is 1.26 bits per heavy atom. The van der Waals surface area contributed by atoms with Crippen molar-refractivity contribution in [2.45, 2.75) is 19.9 Å². The summed E-state index contributed by atoms with van der Waals surface area (Å²) in [6.07, 6.45) is 7.56. The van der Waals surface area contributed by atoms with Crippen LogP contribution in [0.5, 0.6) is 0 Å². The molecule has 0 bridgehead atoms. The first-order valence-electron chi connectivity index (χ1n) is 6.44. The molecule has 0 saturated heterocycles. The summed E-state index contributed by atoms with van der Waals surface area (Å²) in [6.45, 7) is 5.00. The topological polar surface area (TPSA) is 30.3 Å². The van der Waals surface area contributed by atoms with E-state index < -0.39 is 0 Å². The van der Waals surface area contributed by atoms with Crippen LogP contribution in [-0.2, 0) is 4.84 Å². The summed E-state index contributed by atoms with van der Waals surface area (Å²) in [6, 6.07) is 8.74. The molecule has 0 radical (unpaired) electrons. The van der Waals surface area contributed by atoms with E-state index in [1.54, 1.807) is 6.26 Å². The Labute approximate surface area is 112 Å². The molecule has 0 N–H and O–H groups in total. The van der Waals surface area contributed by atoms with E-state index in [0.29, 0.717) is 0 Å². The molecule has 1 atom stereocenters. The van der Waals surface area contributed by atoms with Crippen molar-refractivity contribution in [1.29, 1.82) is 0 Å². The van der Waals surface area contributed by atoms with E-state index in [4.69, 9.17) is 4.84 Å². The van der Waals surface area contributed by atoms with Gasteiger partial charge in [-0.25, -0.2) is 10.0 Å². The number of aryl methyl sites for hydroxylation is 1. The molecule has 1 aliphatic heterocycles. The van der Waals surface area contributed by atoms with Crippen molar-refractivity contribution >= 4 is 5.69 Å². The average Bonchev–Trinajstić information content (AvgIpc) is 3.09. The minimum Gasteiger partial charge on any atom is -0.387 e. The first-order valence-corrected chi connectivity index (χ1v) is 6.44. The number of rotatable bonds is 3. The van der Waals surface area contributed by atoms with Crippen LogP contribution in [0.1, 0.15) is 24.4 Å². The van der Waals surface area contributed by atoms with E-state index in [1.165, 1.54) is 5.56 Å². The third kappa shape index (κ3) is 2.21. The normalized spacial score (nSPS) is 15.6. The van der Waals surface area contributed by atoms with E-state index in [0.717, 1.165) is 18.1 Å². The van der Waals surface area contributed by atoms with Crippen LogP contribution in [0.4, 0.5) is 5.69 Å². The molecule has 98 valence electrons. The summed E-state index contributed by atoms with van der Waals surface area (Å²) in [5.74, 6) is 1.03. The second-order valence-corrected chi connectivity index (χ2v) is 4.69. The first-order chi connectivity index (χ1) is 9.25. The molecule has 1 aliphatic rings. The number of benzene rings is 1. The van der Waals surface area contributed by atoms with Crippen molar-refractivity contribution in [3.8, 4) is 0 Å². The Kier molecular flexibility index (Phi) is 2.99. The highest BCUT2D eigenvalue weighted by Gasteiger charge is 2.12. The smallest absolute Gasteiger partial charge is 0.117 e. The fourth-order valence-electron chi connectivity index (χ4n) is 2.34. The number of imidazole rings is 1. The molecule has 3 rings (SSSR count). The maximum Gasteiger partial charge on any atom is 0.117 e. The average molecular weight is 255 g/mol. The third-order valence-electron chi connectivity index (χ3n) is 3.50. The zero-order valence-electron chi connectivity index (χ0n) is 11.2. The molecule has 0 amide bonds. The van der Waals surface area contributed by atoms with Crippen LogP contribution in [0.15, 0.2) is 49.0 Å². The molecule has 2 heterocycles. The molecule has 0 unspecified atom stereocenters. The standard InChI is InChI=1S/C15H17N3O/c1-12(17-10-8-16-13(17)2)14-4-6-15(7-5-14)18-9-3-11-19-18/h3-8,10-12H,9H2,1-2H3/t12-/m0/s1. The summed E-state index contributed by atoms with van der Waals surface area (Å²) >= 11 is 0. The first kappa shape index (κ1) is 11.8. The van der Waals surface area contributed by atoms with Gasteiger partial charge in [-0.05, 0) is 37.6 Å². The van der Waals surface area contributed by atoms with Gasteiger partial charge in [-0.1, -0.05) is 12.1 Å². The van der Waals surface area contributed by atoms with Crippen LogP contribution in [-0.4, -0.2) is 16.1 Å². The molecule has 19 heavy (non-hydrogen) atoms. The summed E-state index contributed by atoms with van der Waals surface area (Å²) in [5, 5.41) is 1.86. The molecule has 1 aromatic carbocycles. The molecule has 0 spiro atoms. The molecule has 1 aromatic heterocycles. The Morgan fingerprint density at radius 2 is 2.05 bits per heavy atom. The minimum absolute atomic E-state index is 0.286. The van der Waals surface area contributed by atoms with Gasteiger partial charge >= 0.3 is 0 Å². The second kappa shape index (κ2) is 4.80. The highest BCUT2D eigenvalue weighted by Crippen LogP contribution is 2.24. The Hall–Kier alpha value is -2.23. The van der Waals surface area contributed by atoms with Gasteiger partial charge in [0.1, 0.15) is 12.1 Å². The van der Waals surface area contributed by atoms with E-state index in [1.807, 2.05) is 30.5 Å². The van der Waals surface area contributed by atoms with E-state index in [2.05, 4.69) is 40.7 Å². The molecular weight excluding hydrogens is 238 g/mol. The van der Waals surface area contributed by atoms with Crippen molar-refractivity contribution < 1.29 is 4.84 Å². The molecule has 0 aliphatic carbocycles. The largest absolute Gasteiger partial charge is 0.387 e. The van der Waals surface area contributed by atoms with Gasteiger partial charge in [-0.3, -0.25) is 0 Å². The number of hydrogen-bond acceptors (Lipinski definition) is 3. The molecular formula is C15H17N3O. The monoisotopic (exact) mass is 255 g/mol. The van der Waals surface area contributed by atoms with Crippen LogP contribution in [0.25, 0.3) is 0 Å². The molecule has 0 fully saturated rings. The Morgan fingerprint density at radius 3 is 2.63 bits per heavy atom. The predicted molar refractivity (Wildman–Crippen MR) is 74.8 cm³/mol.